The molecule has 0 amide bonds. The first-order valence-corrected chi connectivity index (χ1v) is 3.96. The molecule has 58 valence electrons. The van der Waals surface area contributed by atoms with Crippen molar-refractivity contribution in [1.29, 1.82) is 21.0 Å². The lowest BCUT2D eigenvalue weighted by Crippen LogP contribution is -2.21. The summed E-state index contributed by atoms with van der Waals surface area (Å²) >= 11 is 0. The van der Waals surface area contributed by atoms with Crippen molar-refractivity contribution in [3.8, 4) is 24.3 Å². The maximum absolute atomic E-state index is 11.0. The summed E-state index contributed by atoms with van der Waals surface area (Å²) in [6.07, 6.45) is 0. The molecule has 0 atom stereocenters. The summed E-state index contributed by atoms with van der Waals surface area (Å²) < 4.78 is 11.0. The largest absolute Gasteiger partial charge is 0.255 e. The number of hydrogen-bond donors (Lipinski definition) is 0. The van der Waals surface area contributed by atoms with Gasteiger partial charge >= 0.3 is 0 Å². The molecule has 12 heavy (non-hydrogen) atoms. The molecule has 0 unspecified atom stereocenters. The van der Waals surface area contributed by atoms with E-state index in [4.69, 9.17) is 21.0 Å². The second kappa shape index (κ2) is 4.85. The van der Waals surface area contributed by atoms with Crippen LogP contribution in [0.5, 0.6) is 0 Å². The molecular weight excluding hydrogens is 176 g/mol. The number of hydrogen-bond acceptors (Lipinski definition) is 5. The lowest BCUT2D eigenvalue weighted by atomic mass is 10.5. The Bertz CT molecular complexity index is 288. The first-order valence-electron chi connectivity index (χ1n) is 2.69. The molecule has 0 aromatic rings. The zero-order valence-corrected chi connectivity index (χ0v) is 6.58. The summed E-state index contributed by atoms with van der Waals surface area (Å²) in [5, 5.41) is 30.2. The smallest absolute Gasteiger partial charge is 0.209 e. The van der Waals surface area contributed by atoms with Crippen LogP contribution in [0.1, 0.15) is 0 Å². The number of rotatable bonds is 2. The third-order valence-corrected chi connectivity index (χ3v) is 2.28. The van der Waals surface area contributed by atoms with Gasteiger partial charge in [-0.15, -0.1) is 0 Å². The van der Waals surface area contributed by atoms with Gasteiger partial charge in [-0.1, -0.05) is 0 Å². The predicted molar refractivity (Wildman–Crippen MR) is 38.2 cm³/mol. The highest BCUT2D eigenvalue weighted by Gasteiger charge is 2.24. The lowest BCUT2D eigenvalue weighted by molar-refractivity contribution is 0.682. The highest BCUT2D eigenvalue weighted by atomic mass is 32.2. The Balaban J connectivity index is 4.68. The van der Waals surface area contributed by atoms with E-state index >= 15 is 0 Å². The van der Waals surface area contributed by atoms with Gasteiger partial charge in [0.05, 0.1) is 35.1 Å². The zero-order valence-electron chi connectivity index (χ0n) is 5.76. The van der Waals surface area contributed by atoms with Crippen LogP contribution in [0.4, 0.5) is 0 Å². The van der Waals surface area contributed by atoms with Gasteiger partial charge in [-0.3, -0.25) is 4.21 Å². The molecule has 0 bridgehead atoms. The van der Waals surface area contributed by atoms with E-state index in [0.717, 1.165) is 0 Å². The minimum absolute atomic E-state index is 1.41. The summed E-state index contributed by atoms with van der Waals surface area (Å²) in [7, 11) is -2.04. The van der Waals surface area contributed by atoms with Crippen LogP contribution in [0.2, 0.25) is 0 Å². The van der Waals surface area contributed by atoms with Gasteiger partial charge in [0.2, 0.25) is 10.5 Å². The summed E-state index contributed by atoms with van der Waals surface area (Å²) in [6, 6.07) is 5.75. The van der Waals surface area contributed by atoms with E-state index in [0.29, 0.717) is 0 Å². The molecule has 0 aliphatic heterocycles. The first-order chi connectivity index (χ1) is 5.71. The van der Waals surface area contributed by atoms with E-state index in [9.17, 15) is 4.21 Å². The van der Waals surface area contributed by atoms with E-state index in [1.807, 2.05) is 0 Å². The summed E-state index contributed by atoms with van der Waals surface area (Å²) in [4.78, 5) is 0. The van der Waals surface area contributed by atoms with E-state index in [1.54, 1.807) is 0 Å². The molecule has 0 saturated carbocycles. The molecule has 5 nitrogen and oxygen atoms in total. The molecule has 0 fully saturated rings. The molecule has 6 heteroatoms. The second-order valence-electron chi connectivity index (χ2n) is 1.61. The predicted octanol–water partition coefficient (Wildman–Crippen LogP) is -0.433. The van der Waals surface area contributed by atoms with E-state index in [1.165, 1.54) is 24.3 Å². The van der Waals surface area contributed by atoms with Crippen molar-refractivity contribution in [3.05, 3.63) is 0 Å². The third-order valence-electron chi connectivity index (χ3n) is 0.934. The second-order valence-corrected chi connectivity index (χ2v) is 3.20. The van der Waals surface area contributed by atoms with Gasteiger partial charge in [-0.2, -0.15) is 21.0 Å². The molecule has 0 spiro atoms. The van der Waals surface area contributed by atoms with Gasteiger partial charge in [0.25, 0.3) is 0 Å². The van der Waals surface area contributed by atoms with Crippen LogP contribution in [0.3, 0.4) is 0 Å². The Labute approximate surface area is 71.5 Å². The summed E-state index contributed by atoms with van der Waals surface area (Å²) in [6.45, 7) is 0. The Morgan fingerprint density at radius 3 is 1.25 bits per heavy atom. The molecular formula is C6H2N4OS. The molecule has 0 N–H and O–H groups in total. The fourth-order valence-corrected chi connectivity index (χ4v) is 1.09. The van der Waals surface area contributed by atoms with Crippen molar-refractivity contribution < 1.29 is 4.21 Å². The fourth-order valence-electron chi connectivity index (χ4n) is 0.402. The molecule has 0 rings (SSSR count). The number of nitrogens with zero attached hydrogens (tertiary/aromatic N) is 4. The van der Waals surface area contributed by atoms with Crippen LogP contribution >= 0.6 is 0 Å². The number of nitriles is 4. The van der Waals surface area contributed by atoms with Crippen LogP contribution in [0, 0.1) is 45.3 Å². The Hall–Kier alpha value is -1.89. The van der Waals surface area contributed by atoms with Crippen molar-refractivity contribution >= 4 is 10.8 Å². The molecule has 0 aliphatic rings. The maximum atomic E-state index is 11.0. The molecule has 0 saturated heterocycles. The molecule has 0 aromatic heterocycles. The Kier molecular flexibility index (Phi) is 4.09. The molecule has 0 aromatic carbocycles. The van der Waals surface area contributed by atoms with Crippen LogP contribution in [-0.2, 0) is 10.8 Å². The molecule has 0 heterocycles. The van der Waals surface area contributed by atoms with Gasteiger partial charge in [0, 0.05) is 0 Å². The van der Waals surface area contributed by atoms with Gasteiger partial charge in [0.15, 0.2) is 0 Å². The molecule has 0 aliphatic carbocycles. The van der Waals surface area contributed by atoms with Crippen molar-refractivity contribution in [2.45, 2.75) is 10.5 Å². The van der Waals surface area contributed by atoms with Crippen LogP contribution in [0.25, 0.3) is 0 Å². The Morgan fingerprint density at radius 2 is 1.08 bits per heavy atom. The topological polar surface area (TPSA) is 112 Å². The van der Waals surface area contributed by atoms with Gasteiger partial charge in [0.1, 0.15) is 0 Å². The van der Waals surface area contributed by atoms with Gasteiger partial charge in [-0.05, 0) is 0 Å². The standard InChI is InChI=1S/C6H2N4OS/c7-1-5(2-8)12(11)6(3-9)4-10/h5-6H. The van der Waals surface area contributed by atoms with Crippen molar-refractivity contribution in [2.75, 3.05) is 0 Å². The summed E-state index contributed by atoms with van der Waals surface area (Å²) in [5.41, 5.74) is 0. The summed E-state index contributed by atoms with van der Waals surface area (Å²) in [5.74, 6) is 0. The van der Waals surface area contributed by atoms with E-state index in [2.05, 4.69) is 0 Å². The van der Waals surface area contributed by atoms with E-state index < -0.39 is 21.3 Å². The minimum Gasteiger partial charge on any atom is -0.255 e. The highest BCUT2D eigenvalue weighted by molar-refractivity contribution is 7.87. The van der Waals surface area contributed by atoms with Crippen LogP contribution in [0.15, 0.2) is 0 Å². The zero-order chi connectivity index (χ0) is 9.56. The quantitative estimate of drug-likeness (QED) is 0.569. The minimum atomic E-state index is -2.04. The van der Waals surface area contributed by atoms with Crippen LogP contribution < -0.4 is 0 Å². The SMILES string of the molecule is N#CC(C#N)S(=O)C(C#N)C#N. The van der Waals surface area contributed by atoms with Gasteiger partial charge in [-0.25, -0.2) is 0 Å². The van der Waals surface area contributed by atoms with E-state index in [-0.39, 0.29) is 0 Å². The third kappa shape index (κ3) is 2.06. The lowest BCUT2D eigenvalue weighted by Gasteiger charge is -1.98. The monoisotopic (exact) mass is 178 g/mol. The van der Waals surface area contributed by atoms with Crippen molar-refractivity contribution in [3.63, 3.8) is 0 Å². The normalized spacial score (nSPS) is 8.58. The average molecular weight is 178 g/mol. The Morgan fingerprint density at radius 1 is 0.833 bits per heavy atom. The fraction of sp³-hybridized carbons (Fsp3) is 0.333. The average Bonchev–Trinajstić information content (AvgIpc) is 2.09. The van der Waals surface area contributed by atoms with Gasteiger partial charge < -0.3 is 0 Å². The van der Waals surface area contributed by atoms with Crippen molar-refractivity contribution in [1.82, 2.24) is 0 Å². The maximum Gasteiger partial charge on any atom is 0.209 e. The first kappa shape index (κ1) is 10.1. The molecule has 0 radical (unpaired) electrons. The van der Waals surface area contributed by atoms with Crippen molar-refractivity contribution in [2.24, 2.45) is 0 Å². The highest BCUT2D eigenvalue weighted by Crippen LogP contribution is 2.01. The van der Waals surface area contributed by atoms with Crippen LogP contribution in [-0.4, -0.2) is 14.7 Å².